The molecule has 0 bridgehead atoms. The molecule has 8 heteroatoms. The van der Waals surface area contributed by atoms with E-state index < -0.39 is 5.54 Å². The van der Waals surface area contributed by atoms with Gasteiger partial charge in [0.1, 0.15) is 5.01 Å². The molecule has 0 saturated carbocycles. The average molecular weight is 316 g/mol. The van der Waals surface area contributed by atoms with Gasteiger partial charge in [-0.15, -0.1) is 10.2 Å². The van der Waals surface area contributed by atoms with Crippen molar-refractivity contribution < 1.29 is 4.79 Å². The molecular weight excluding hydrogens is 300 g/mol. The van der Waals surface area contributed by atoms with Crippen molar-refractivity contribution in [1.29, 1.82) is 0 Å². The van der Waals surface area contributed by atoms with Gasteiger partial charge in [0.25, 0.3) is 5.91 Å². The van der Waals surface area contributed by atoms with Gasteiger partial charge >= 0.3 is 0 Å². The Morgan fingerprint density at radius 1 is 1.36 bits per heavy atom. The number of hydrogen-bond acceptors (Lipinski definition) is 6. The van der Waals surface area contributed by atoms with Gasteiger partial charge in [-0.1, -0.05) is 11.3 Å². The first kappa shape index (κ1) is 14.5. The molecule has 114 valence electrons. The maximum atomic E-state index is 12.5. The van der Waals surface area contributed by atoms with E-state index in [0.717, 1.165) is 11.0 Å². The zero-order chi connectivity index (χ0) is 15.9. The van der Waals surface area contributed by atoms with Gasteiger partial charge in [-0.2, -0.15) is 0 Å². The molecule has 0 atom stereocenters. The van der Waals surface area contributed by atoms with E-state index in [2.05, 4.69) is 20.5 Å². The van der Waals surface area contributed by atoms with Gasteiger partial charge in [-0.3, -0.25) is 4.79 Å². The molecule has 1 amide bonds. The van der Waals surface area contributed by atoms with Crippen LogP contribution in [0.1, 0.15) is 29.2 Å². The Bertz CT molecular complexity index is 850. The number of carbonyl (C=O) groups is 1. The minimum Gasteiger partial charge on any atom is -0.374 e. The van der Waals surface area contributed by atoms with Gasteiger partial charge < -0.3 is 15.6 Å². The van der Waals surface area contributed by atoms with Crippen LogP contribution in [0.5, 0.6) is 0 Å². The Hall–Kier alpha value is -2.48. The Kier molecular flexibility index (Phi) is 3.32. The summed E-state index contributed by atoms with van der Waals surface area (Å²) in [5, 5.41) is 11.8. The maximum Gasteiger partial charge on any atom is 0.252 e. The lowest BCUT2D eigenvalue weighted by molar-refractivity contribution is 0.0912. The van der Waals surface area contributed by atoms with E-state index in [9.17, 15) is 4.79 Å². The molecule has 22 heavy (non-hydrogen) atoms. The van der Waals surface area contributed by atoms with E-state index in [4.69, 9.17) is 5.73 Å². The van der Waals surface area contributed by atoms with Crippen molar-refractivity contribution in [3.05, 3.63) is 35.1 Å². The zero-order valence-electron chi connectivity index (χ0n) is 12.5. The summed E-state index contributed by atoms with van der Waals surface area (Å²) in [7, 11) is 1.91. The molecular formula is C14H16N6OS. The van der Waals surface area contributed by atoms with Crippen molar-refractivity contribution in [2.45, 2.75) is 19.4 Å². The van der Waals surface area contributed by atoms with E-state index in [1.54, 1.807) is 18.5 Å². The van der Waals surface area contributed by atoms with Crippen LogP contribution in [-0.4, -0.2) is 25.7 Å². The standard InChI is InChI=1S/C14H16N6OS/c1-14(2,12-18-19-13(15)22-12)17-11(21)8-4-5-10-9(6-8)16-7-20(10)3/h4-7H,1-3H3,(H2,15,19)(H,17,21). The molecule has 3 aromatic rings. The lowest BCUT2D eigenvalue weighted by Gasteiger charge is -2.23. The summed E-state index contributed by atoms with van der Waals surface area (Å²) >= 11 is 1.26. The quantitative estimate of drug-likeness (QED) is 0.766. The molecule has 2 heterocycles. The highest BCUT2D eigenvalue weighted by atomic mass is 32.1. The summed E-state index contributed by atoms with van der Waals surface area (Å²) in [6, 6.07) is 5.44. The van der Waals surface area contributed by atoms with Gasteiger partial charge in [-0.05, 0) is 32.0 Å². The summed E-state index contributed by atoms with van der Waals surface area (Å²) < 4.78 is 1.91. The fourth-order valence-electron chi connectivity index (χ4n) is 2.17. The number of anilines is 1. The number of nitrogens with one attached hydrogen (secondary N) is 1. The van der Waals surface area contributed by atoms with E-state index in [0.29, 0.717) is 15.7 Å². The molecule has 3 N–H and O–H groups in total. The third kappa shape index (κ3) is 2.52. The number of nitrogens with zero attached hydrogens (tertiary/aromatic N) is 4. The van der Waals surface area contributed by atoms with Crippen LogP contribution in [0, 0.1) is 0 Å². The van der Waals surface area contributed by atoms with Crippen LogP contribution >= 0.6 is 11.3 Å². The topological polar surface area (TPSA) is 98.7 Å². The fraction of sp³-hybridized carbons (Fsp3) is 0.286. The van der Waals surface area contributed by atoms with Crippen molar-refractivity contribution in [2.24, 2.45) is 7.05 Å². The largest absolute Gasteiger partial charge is 0.374 e. The second-order valence-corrected chi connectivity index (χ2v) is 6.59. The SMILES string of the molecule is Cn1cnc2cc(C(=O)NC(C)(C)c3nnc(N)s3)ccc21. The molecule has 2 aromatic heterocycles. The predicted octanol–water partition coefficient (Wildman–Crippen LogP) is 1.67. The highest BCUT2D eigenvalue weighted by molar-refractivity contribution is 7.15. The number of rotatable bonds is 3. The highest BCUT2D eigenvalue weighted by Crippen LogP contribution is 2.25. The molecule has 1 aromatic carbocycles. The number of aryl methyl sites for hydroxylation is 1. The third-order valence-corrected chi connectivity index (χ3v) is 4.47. The number of imidazole rings is 1. The first-order chi connectivity index (χ1) is 10.4. The Labute approximate surface area is 131 Å². The zero-order valence-corrected chi connectivity index (χ0v) is 13.3. The number of hydrogen-bond donors (Lipinski definition) is 2. The molecule has 0 saturated heterocycles. The monoisotopic (exact) mass is 316 g/mol. The summed E-state index contributed by atoms with van der Waals surface area (Å²) in [6.07, 6.45) is 1.72. The molecule has 0 aliphatic carbocycles. The number of benzene rings is 1. The Balaban J connectivity index is 1.86. The first-order valence-electron chi connectivity index (χ1n) is 6.70. The number of carbonyl (C=O) groups excluding carboxylic acids is 1. The average Bonchev–Trinajstić information content (AvgIpc) is 3.05. The van der Waals surface area contributed by atoms with E-state index in [1.165, 1.54) is 11.3 Å². The van der Waals surface area contributed by atoms with Crippen LogP contribution in [0.25, 0.3) is 11.0 Å². The normalized spacial score (nSPS) is 11.8. The molecule has 0 aliphatic heterocycles. The molecule has 0 aliphatic rings. The van der Waals surface area contributed by atoms with Crippen LogP contribution in [-0.2, 0) is 12.6 Å². The number of nitrogen functional groups attached to an aromatic ring is 1. The van der Waals surface area contributed by atoms with Crippen molar-refractivity contribution >= 4 is 33.4 Å². The van der Waals surface area contributed by atoms with Crippen molar-refractivity contribution in [3.63, 3.8) is 0 Å². The Morgan fingerprint density at radius 2 is 2.14 bits per heavy atom. The lowest BCUT2D eigenvalue weighted by atomic mass is 10.1. The summed E-state index contributed by atoms with van der Waals surface area (Å²) in [5.41, 5.74) is 7.27. The predicted molar refractivity (Wildman–Crippen MR) is 85.5 cm³/mol. The molecule has 3 rings (SSSR count). The number of amides is 1. The summed E-state index contributed by atoms with van der Waals surface area (Å²) in [4.78, 5) is 16.7. The third-order valence-electron chi connectivity index (χ3n) is 3.39. The minimum atomic E-state index is -0.647. The lowest BCUT2D eigenvalue weighted by Crippen LogP contribution is -2.41. The second-order valence-electron chi connectivity index (χ2n) is 5.58. The summed E-state index contributed by atoms with van der Waals surface area (Å²) in [5.74, 6) is -0.189. The summed E-state index contributed by atoms with van der Waals surface area (Å²) in [6.45, 7) is 3.73. The van der Waals surface area contributed by atoms with Crippen LogP contribution in [0.3, 0.4) is 0 Å². The Morgan fingerprint density at radius 3 is 2.82 bits per heavy atom. The first-order valence-corrected chi connectivity index (χ1v) is 7.51. The van der Waals surface area contributed by atoms with Crippen molar-refractivity contribution in [3.8, 4) is 0 Å². The van der Waals surface area contributed by atoms with Crippen LogP contribution in [0.4, 0.5) is 5.13 Å². The maximum absolute atomic E-state index is 12.5. The number of nitrogens with two attached hydrogens (primary N) is 1. The van der Waals surface area contributed by atoms with E-state index >= 15 is 0 Å². The van der Waals surface area contributed by atoms with E-state index in [1.807, 2.05) is 31.5 Å². The van der Waals surface area contributed by atoms with Gasteiger partial charge in [0, 0.05) is 12.6 Å². The van der Waals surface area contributed by atoms with E-state index in [-0.39, 0.29) is 5.91 Å². The minimum absolute atomic E-state index is 0.189. The van der Waals surface area contributed by atoms with Gasteiger partial charge in [-0.25, -0.2) is 4.98 Å². The molecule has 0 fully saturated rings. The number of fused-ring (bicyclic) bond motifs is 1. The fourth-order valence-corrected chi connectivity index (χ4v) is 2.84. The van der Waals surface area contributed by atoms with Crippen molar-refractivity contribution in [1.82, 2.24) is 25.1 Å². The molecule has 0 spiro atoms. The molecule has 7 nitrogen and oxygen atoms in total. The highest BCUT2D eigenvalue weighted by Gasteiger charge is 2.27. The van der Waals surface area contributed by atoms with Gasteiger partial charge in [0.15, 0.2) is 0 Å². The van der Waals surface area contributed by atoms with Crippen LogP contribution < -0.4 is 11.1 Å². The van der Waals surface area contributed by atoms with Crippen molar-refractivity contribution in [2.75, 3.05) is 5.73 Å². The van der Waals surface area contributed by atoms with Crippen LogP contribution in [0.2, 0.25) is 0 Å². The van der Waals surface area contributed by atoms with Crippen LogP contribution in [0.15, 0.2) is 24.5 Å². The van der Waals surface area contributed by atoms with Gasteiger partial charge in [0.05, 0.1) is 22.9 Å². The smallest absolute Gasteiger partial charge is 0.252 e. The molecule has 0 radical (unpaired) electrons. The van der Waals surface area contributed by atoms with Gasteiger partial charge in [0.2, 0.25) is 5.13 Å². The number of aromatic nitrogens is 4. The molecule has 0 unspecified atom stereocenters. The second kappa shape index (κ2) is 5.06.